The monoisotopic (exact) mass is 723 g/mol. The van der Waals surface area contributed by atoms with E-state index in [-0.39, 0.29) is 7.43 Å². The minimum Gasteiger partial charge on any atom is -0.337 e. The summed E-state index contributed by atoms with van der Waals surface area (Å²) in [7, 11) is 8.52. The smallest absolute Gasteiger partial charge is 0.0949 e. The van der Waals surface area contributed by atoms with Crippen molar-refractivity contribution >= 4 is 0 Å². The maximum Gasteiger partial charge on any atom is 0.0949 e. The summed E-state index contributed by atoms with van der Waals surface area (Å²) in [5.41, 5.74) is 8.11. The Morgan fingerprint density at radius 1 is 0.698 bits per heavy atom. The lowest BCUT2D eigenvalue weighted by Crippen LogP contribution is -2.41. The van der Waals surface area contributed by atoms with Crippen molar-refractivity contribution in [2.75, 3.05) is 54.4 Å². The molecular formula is C43H66N10. The highest BCUT2D eigenvalue weighted by atomic mass is 15.2. The van der Waals surface area contributed by atoms with Gasteiger partial charge in [-0.1, -0.05) is 19.6 Å². The van der Waals surface area contributed by atoms with Crippen LogP contribution in [-0.2, 0) is 39.0 Å². The summed E-state index contributed by atoms with van der Waals surface area (Å²) in [6.45, 7) is 8.57. The number of nitrogens with zero attached hydrogens (tertiary/aromatic N) is 10. The number of aromatic nitrogens is 6. The largest absolute Gasteiger partial charge is 0.337 e. The van der Waals surface area contributed by atoms with E-state index in [9.17, 15) is 0 Å². The lowest BCUT2D eigenvalue weighted by atomic mass is 9.77. The van der Waals surface area contributed by atoms with Gasteiger partial charge in [0.15, 0.2) is 0 Å². The third kappa shape index (κ3) is 9.82. The van der Waals surface area contributed by atoms with E-state index < -0.39 is 0 Å². The first kappa shape index (κ1) is 39.3. The van der Waals surface area contributed by atoms with Crippen molar-refractivity contribution in [3.05, 3.63) is 95.6 Å². The minimum absolute atomic E-state index is 0. The average molecular weight is 723 g/mol. The quantitative estimate of drug-likeness (QED) is 0.157. The molecule has 53 heavy (non-hydrogen) atoms. The molecule has 0 amide bonds. The van der Waals surface area contributed by atoms with Crippen molar-refractivity contribution in [1.29, 1.82) is 0 Å². The average Bonchev–Trinajstić information content (AvgIpc) is 3.80. The Kier molecular flexibility index (Phi) is 13.9. The molecule has 0 spiro atoms. The van der Waals surface area contributed by atoms with Gasteiger partial charge in [-0.25, -0.2) is 9.97 Å². The third-order valence-corrected chi connectivity index (χ3v) is 11.9. The fourth-order valence-electron chi connectivity index (χ4n) is 9.43. The number of aryl methyl sites for hydroxylation is 4. The normalized spacial score (nSPS) is 22.6. The second-order valence-electron chi connectivity index (χ2n) is 16.3. The maximum atomic E-state index is 4.80. The highest BCUT2D eigenvalue weighted by molar-refractivity contribution is 5.28. The van der Waals surface area contributed by atoms with E-state index in [1.54, 1.807) is 0 Å². The fraction of sp³-hybridized carbons (Fsp3) is 0.628. The van der Waals surface area contributed by atoms with Crippen LogP contribution in [-0.4, -0.2) is 103 Å². The van der Waals surface area contributed by atoms with Gasteiger partial charge in [-0.3, -0.25) is 19.8 Å². The molecule has 2 saturated heterocycles. The lowest BCUT2D eigenvalue weighted by Gasteiger charge is -2.44. The number of fused-ring (bicyclic) bond motifs is 6. The summed E-state index contributed by atoms with van der Waals surface area (Å²) in [4.78, 5) is 28.5. The summed E-state index contributed by atoms with van der Waals surface area (Å²) in [6, 6.07) is 9.68. The zero-order chi connectivity index (χ0) is 35.9. The van der Waals surface area contributed by atoms with Crippen molar-refractivity contribution in [3.63, 3.8) is 0 Å². The summed E-state index contributed by atoms with van der Waals surface area (Å²) in [5.74, 6) is 1.52. The van der Waals surface area contributed by atoms with E-state index in [4.69, 9.17) is 9.97 Å². The van der Waals surface area contributed by atoms with Crippen LogP contribution in [0.3, 0.4) is 0 Å². The Hall–Kier alpha value is -3.44. The molecule has 10 nitrogen and oxygen atoms in total. The predicted octanol–water partition coefficient (Wildman–Crippen LogP) is 6.89. The van der Waals surface area contributed by atoms with Crippen molar-refractivity contribution in [3.8, 4) is 0 Å². The summed E-state index contributed by atoms with van der Waals surface area (Å²) < 4.78 is 4.59. The Labute approximate surface area is 319 Å². The second-order valence-corrected chi connectivity index (χ2v) is 16.3. The molecule has 2 fully saturated rings. The van der Waals surface area contributed by atoms with Crippen molar-refractivity contribution in [2.24, 2.45) is 11.8 Å². The first-order valence-electron chi connectivity index (χ1n) is 20.1. The molecule has 8 rings (SSSR count). The summed E-state index contributed by atoms with van der Waals surface area (Å²) in [6.07, 6.45) is 24.8. The van der Waals surface area contributed by atoms with Gasteiger partial charge in [-0.2, -0.15) is 0 Å². The molecule has 4 aromatic rings. The number of hydrogen-bond acceptors (Lipinski definition) is 8. The first-order chi connectivity index (χ1) is 25.4. The Morgan fingerprint density at radius 3 is 1.89 bits per heavy atom. The SMILES string of the molecule is C.CN(C)CCCn1cnc(CN2CCC[C@H]3CCc4cccnc4[C@H]32)c1.CN(C)CCCn1cncc1CN1CCC[C@H]2CCc3cccnc3[C@H]21. The molecule has 0 saturated carbocycles. The van der Waals surface area contributed by atoms with Crippen LogP contribution in [0.2, 0.25) is 0 Å². The molecule has 2 aliphatic carbocycles. The zero-order valence-corrected chi connectivity index (χ0v) is 32.3. The van der Waals surface area contributed by atoms with E-state index in [0.29, 0.717) is 12.1 Å². The Bertz CT molecular complexity index is 1690. The van der Waals surface area contributed by atoms with Gasteiger partial charge in [0.2, 0.25) is 0 Å². The van der Waals surface area contributed by atoms with E-state index in [1.165, 1.54) is 91.8 Å². The van der Waals surface area contributed by atoms with Gasteiger partial charge in [0, 0.05) is 51.0 Å². The second kappa shape index (κ2) is 18.7. The van der Waals surface area contributed by atoms with Crippen LogP contribution in [0.15, 0.2) is 61.7 Å². The molecule has 4 aromatic heterocycles. The van der Waals surface area contributed by atoms with Crippen molar-refractivity contribution < 1.29 is 0 Å². The topological polar surface area (TPSA) is 74.4 Å². The van der Waals surface area contributed by atoms with Gasteiger partial charge in [0.25, 0.3) is 0 Å². The number of imidazole rings is 2. The molecule has 10 heteroatoms. The van der Waals surface area contributed by atoms with Crippen LogP contribution in [0.5, 0.6) is 0 Å². The van der Waals surface area contributed by atoms with E-state index in [1.807, 2.05) is 25.0 Å². The molecule has 4 aliphatic rings. The van der Waals surface area contributed by atoms with E-state index in [0.717, 1.165) is 70.5 Å². The molecule has 0 radical (unpaired) electrons. The first-order valence-corrected chi connectivity index (χ1v) is 20.1. The molecular weight excluding hydrogens is 657 g/mol. The summed E-state index contributed by atoms with van der Waals surface area (Å²) in [5, 5.41) is 0. The van der Waals surface area contributed by atoms with Crippen LogP contribution in [0.4, 0.5) is 0 Å². The van der Waals surface area contributed by atoms with Crippen LogP contribution in [0.25, 0.3) is 0 Å². The highest BCUT2D eigenvalue weighted by Gasteiger charge is 2.39. The van der Waals surface area contributed by atoms with Gasteiger partial charge >= 0.3 is 0 Å². The van der Waals surface area contributed by atoms with Gasteiger partial charge in [0.1, 0.15) is 0 Å². The van der Waals surface area contributed by atoms with Gasteiger partial charge < -0.3 is 18.9 Å². The van der Waals surface area contributed by atoms with Gasteiger partial charge in [-0.15, -0.1) is 0 Å². The van der Waals surface area contributed by atoms with Crippen LogP contribution in [0, 0.1) is 11.8 Å². The maximum absolute atomic E-state index is 4.80. The molecule has 0 bridgehead atoms. The van der Waals surface area contributed by atoms with Crippen LogP contribution >= 0.6 is 0 Å². The van der Waals surface area contributed by atoms with Crippen LogP contribution in [0.1, 0.15) is 105 Å². The minimum atomic E-state index is 0. The van der Waals surface area contributed by atoms with Crippen molar-refractivity contribution in [1.82, 2.24) is 48.7 Å². The zero-order valence-electron chi connectivity index (χ0n) is 32.3. The standard InChI is InChI=1S/2C21H31N5.CH4/c1-24(2)11-5-12-25-14-19(23-16-25)15-26-13-4-7-18-9-8-17-6-3-10-22-20(17)21(18)26;1-24(2)11-5-13-26-16-22-14-19(26)15-25-12-4-7-18-9-8-17-6-3-10-23-20(17)21(18)25;/h2*3,6,10,14,16,18,21H,4-5,7-9,11-13,15H2,1-2H3;1H4/t2*18-,21-;/m00./s1. The molecule has 0 N–H and O–H groups in total. The van der Waals surface area contributed by atoms with E-state index >= 15 is 0 Å². The highest BCUT2D eigenvalue weighted by Crippen LogP contribution is 2.44. The number of hydrogen-bond donors (Lipinski definition) is 0. The molecule has 0 aromatic carbocycles. The van der Waals surface area contributed by atoms with E-state index in [2.05, 4.69) is 104 Å². The Morgan fingerprint density at radius 2 is 1.28 bits per heavy atom. The molecule has 4 atom stereocenters. The molecule has 288 valence electrons. The third-order valence-electron chi connectivity index (χ3n) is 11.9. The van der Waals surface area contributed by atoms with Gasteiger partial charge in [-0.05, 0) is 154 Å². The number of piperidine rings is 2. The molecule has 6 heterocycles. The van der Waals surface area contributed by atoms with Crippen molar-refractivity contribution in [2.45, 2.75) is 110 Å². The Balaban J connectivity index is 0.000000178. The number of likely N-dealkylation sites (tertiary alicyclic amines) is 2. The van der Waals surface area contributed by atoms with Crippen LogP contribution < -0.4 is 0 Å². The van der Waals surface area contributed by atoms with Gasteiger partial charge in [0.05, 0.1) is 47.5 Å². The number of rotatable bonds is 12. The lowest BCUT2D eigenvalue weighted by molar-refractivity contribution is 0.0675. The predicted molar refractivity (Wildman–Crippen MR) is 214 cm³/mol. The molecule has 0 unspecified atom stereocenters. The number of pyridine rings is 2. The summed E-state index contributed by atoms with van der Waals surface area (Å²) >= 11 is 0. The molecule has 2 aliphatic heterocycles. The fourth-order valence-corrected chi connectivity index (χ4v) is 9.43.